The highest BCUT2D eigenvalue weighted by atomic mass is 19.4. The largest absolute Gasteiger partial charge is 0.486 e. The Bertz CT molecular complexity index is 114. The summed E-state index contributed by atoms with van der Waals surface area (Å²) in [5, 5.41) is 8.03. The SMILES string of the molecule is O=CN(CCO)C(F)(F)F. The zero-order valence-corrected chi connectivity index (χ0v) is 4.93. The van der Waals surface area contributed by atoms with Gasteiger partial charge in [0.1, 0.15) is 0 Å². The van der Waals surface area contributed by atoms with Gasteiger partial charge in [-0.15, -0.1) is 13.2 Å². The van der Waals surface area contributed by atoms with Crippen LogP contribution in [-0.4, -0.2) is 35.9 Å². The molecule has 0 aromatic carbocycles. The molecule has 0 atom stereocenters. The van der Waals surface area contributed by atoms with Gasteiger partial charge in [-0.25, -0.2) is 0 Å². The zero-order chi connectivity index (χ0) is 8.20. The minimum atomic E-state index is -4.68. The van der Waals surface area contributed by atoms with Gasteiger partial charge >= 0.3 is 6.30 Å². The monoisotopic (exact) mass is 157 g/mol. The van der Waals surface area contributed by atoms with E-state index in [0.29, 0.717) is 0 Å². The summed E-state index contributed by atoms with van der Waals surface area (Å²) in [4.78, 5) is 9.20. The first-order valence-corrected chi connectivity index (χ1v) is 2.42. The molecule has 0 rings (SSSR count). The number of aliphatic hydroxyl groups excluding tert-OH is 1. The number of rotatable bonds is 3. The van der Waals surface area contributed by atoms with Crippen molar-refractivity contribution in [3.8, 4) is 0 Å². The van der Waals surface area contributed by atoms with Crippen molar-refractivity contribution in [2.45, 2.75) is 6.30 Å². The van der Waals surface area contributed by atoms with Crippen LogP contribution in [-0.2, 0) is 4.79 Å². The number of alkyl halides is 3. The molecule has 3 nitrogen and oxygen atoms in total. The van der Waals surface area contributed by atoms with Gasteiger partial charge in [-0.1, -0.05) is 0 Å². The predicted octanol–water partition coefficient (Wildman–Crippen LogP) is -0.0431. The van der Waals surface area contributed by atoms with Crippen LogP contribution >= 0.6 is 0 Å². The van der Waals surface area contributed by atoms with Gasteiger partial charge in [-0.2, -0.15) is 0 Å². The van der Waals surface area contributed by atoms with Crippen molar-refractivity contribution in [1.29, 1.82) is 0 Å². The fourth-order valence-corrected chi connectivity index (χ4v) is 0.347. The number of carbonyl (C=O) groups is 1. The molecule has 10 heavy (non-hydrogen) atoms. The van der Waals surface area contributed by atoms with Crippen LogP contribution in [0.1, 0.15) is 0 Å². The average molecular weight is 157 g/mol. The lowest BCUT2D eigenvalue weighted by Crippen LogP contribution is -2.38. The quantitative estimate of drug-likeness (QED) is 0.461. The van der Waals surface area contributed by atoms with Crippen molar-refractivity contribution in [1.82, 2.24) is 4.90 Å². The number of hydrogen-bond acceptors (Lipinski definition) is 2. The van der Waals surface area contributed by atoms with Gasteiger partial charge in [0.25, 0.3) is 0 Å². The maximum atomic E-state index is 11.5. The molecule has 1 N–H and O–H groups in total. The number of amides is 1. The van der Waals surface area contributed by atoms with Crippen LogP contribution in [0.25, 0.3) is 0 Å². The summed E-state index contributed by atoms with van der Waals surface area (Å²) in [5.41, 5.74) is 0. The highest BCUT2D eigenvalue weighted by molar-refractivity contribution is 5.47. The van der Waals surface area contributed by atoms with Crippen molar-refractivity contribution in [2.24, 2.45) is 0 Å². The first kappa shape index (κ1) is 9.22. The Morgan fingerprint density at radius 1 is 1.50 bits per heavy atom. The van der Waals surface area contributed by atoms with Crippen LogP contribution in [0.2, 0.25) is 0 Å². The lowest BCUT2D eigenvalue weighted by Gasteiger charge is -2.18. The fraction of sp³-hybridized carbons (Fsp3) is 0.750. The van der Waals surface area contributed by atoms with E-state index >= 15 is 0 Å². The van der Waals surface area contributed by atoms with Crippen LogP contribution in [0.5, 0.6) is 0 Å². The molecule has 0 unspecified atom stereocenters. The highest BCUT2D eigenvalue weighted by Gasteiger charge is 2.35. The van der Waals surface area contributed by atoms with Crippen LogP contribution < -0.4 is 0 Å². The summed E-state index contributed by atoms with van der Waals surface area (Å²) in [6.07, 6.45) is -5.04. The molecular formula is C4H6F3NO2. The first-order chi connectivity index (χ1) is 4.52. The molecule has 0 aliphatic rings. The van der Waals surface area contributed by atoms with E-state index in [2.05, 4.69) is 0 Å². The smallest absolute Gasteiger partial charge is 0.395 e. The van der Waals surface area contributed by atoms with Gasteiger partial charge < -0.3 is 5.11 Å². The zero-order valence-electron chi connectivity index (χ0n) is 4.93. The molecule has 0 bridgehead atoms. The number of hydrogen-bond donors (Lipinski definition) is 1. The lowest BCUT2D eigenvalue weighted by molar-refractivity contribution is -0.235. The molecule has 0 fully saturated rings. The van der Waals surface area contributed by atoms with E-state index in [1.807, 2.05) is 0 Å². The van der Waals surface area contributed by atoms with Gasteiger partial charge in [0, 0.05) is 0 Å². The summed E-state index contributed by atoms with van der Waals surface area (Å²) in [6.45, 7) is -1.41. The Kier molecular flexibility index (Phi) is 3.14. The molecular weight excluding hydrogens is 151 g/mol. The Morgan fingerprint density at radius 3 is 2.10 bits per heavy atom. The molecule has 0 saturated carbocycles. The molecule has 0 aliphatic carbocycles. The molecule has 0 aromatic heterocycles. The van der Waals surface area contributed by atoms with E-state index < -0.39 is 24.4 Å². The molecule has 0 radical (unpaired) electrons. The molecule has 0 saturated heterocycles. The van der Waals surface area contributed by atoms with Gasteiger partial charge in [-0.3, -0.25) is 9.69 Å². The predicted molar refractivity (Wildman–Crippen MR) is 25.9 cm³/mol. The Balaban J connectivity index is 3.93. The minimum absolute atomic E-state index is 0.365. The third-order valence-corrected chi connectivity index (χ3v) is 0.794. The molecule has 0 aliphatic heterocycles. The fourth-order valence-electron chi connectivity index (χ4n) is 0.347. The van der Waals surface area contributed by atoms with E-state index in [4.69, 9.17) is 5.11 Å². The molecule has 0 spiro atoms. The van der Waals surface area contributed by atoms with Gasteiger partial charge in [0.15, 0.2) is 0 Å². The maximum Gasteiger partial charge on any atom is 0.486 e. The number of halogens is 3. The van der Waals surface area contributed by atoms with E-state index in [0.717, 1.165) is 0 Å². The first-order valence-electron chi connectivity index (χ1n) is 2.42. The lowest BCUT2D eigenvalue weighted by atomic mass is 10.6. The number of nitrogens with zero attached hydrogens (tertiary/aromatic N) is 1. The maximum absolute atomic E-state index is 11.5. The normalized spacial score (nSPS) is 11.2. The van der Waals surface area contributed by atoms with Gasteiger partial charge in [0.2, 0.25) is 6.41 Å². The molecule has 60 valence electrons. The van der Waals surface area contributed by atoms with Crippen LogP contribution in [0.3, 0.4) is 0 Å². The highest BCUT2D eigenvalue weighted by Crippen LogP contribution is 2.18. The molecule has 6 heteroatoms. The van der Waals surface area contributed by atoms with Crippen LogP contribution in [0.15, 0.2) is 0 Å². The molecule has 0 heterocycles. The Hall–Kier alpha value is -0.780. The molecule has 0 aromatic rings. The van der Waals surface area contributed by atoms with Gasteiger partial charge in [0.05, 0.1) is 13.2 Å². The van der Waals surface area contributed by atoms with Gasteiger partial charge in [-0.05, 0) is 0 Å². The third kappa shape index (κ3) is 2.67. The Labute approximate surface area is 55.0 Å². The van der Waals surface area contributed by atoms with E-state index in [1.54, 1.807) is 0 Å². The van der Waals surface area contributed by atoms with Crippen molar-refractivity contribution in [3.63, 3.8) is 0 Å². The summed E-state index contributed by atoms with van der Waals surface area (Å²) >= 11 is 0. The summed E-state index contributed by atoms with van der Waals surface area (Å²) in [6, 6.07) is 0. The van der Waals surface area contributed by atoms with E-state index in [9.17, 15) is 18.0 Å². The number of aliphatic hydroxyl groups is 1. The second kappa shape index (κ2) is 3.40. The molecule has 1 amide bonds. The van der Waals surface area contributed by atoms with Crippen molar-refractivity contribution in [2.75, 3.05) is 13.2 Å². The summed E-state index contributed by atoms with van der Waals surface area (Å²) in [7, 11) is 0. The number of carbonyl (C=O) groups excluding carboxylic acids is 1. The van der Waals surface area contributed by atoms with Crippen molar-refractivity contribution >= 4 is 6.41 Å². The standard InChI is InChI=1S/C4H6F3NO2/c5-4(6,7)8(3-10)1-2-9/h3,9H,1-2H2. The topological polar surface area (TPSA) is 40.5 Å². The second-order valence-corrected chi connectivity index (χ2v) is 1.49. The van der Waals surface area contributed by atoms with E-state index in [1.165, 1.54) is 0 Å². The van der Waals surface area contributed by atoms with E-state index in [-0.39, 0.29) is 6.41 Å². The Morgan fingerprint density at radius 2 is 2.00 bits per heavy atom. The second-order valence-electron chi connectivity index (χ2n) is 1.49. The van der Waals surface area contributed by atoms with Crippen molar-refractivity contribution < 1.29 is 23.1 Å². The third-order valence-electron chi connectivity index (χ3n) is 0.794. The summed E-state index contributed by atoms with van der Waals surface area (Å²) in [5.74, 6) is 0. The van der Waals surface area contributed by atoms with Crippen LogP contribution in [0, 0.1) is 0 Å². The average Bonchev–Trinajstić information content (AvgIpc) is 1.80. The minimum Gasteiger partial charge on any atom is -0.395 e. The van der Waals surface area contributed by atoms with Crippen LogP contribution in [0.4, 0.5) is 13.2 Å². The van der Waals surface area contributed by atoms with Crippen molar-refractivity contribution in [3.05, 3.63) is 0 Å². The summed E-state index contributed by atoms with van der Waals surface area (Å²) < 4.78 is 34.5.